The zero-order chi connectivity index (χ0) is 19.6. The lowest BCUT2D eigenvalue weighted by Gasteiger charge is -2.35. The van der Waals surface area contributed by atoms with Crippen LogP contribution in [0.5, 0.6) is 5.75 Å². The lowest BCUT2D eigenvalue weighted by Crippen LogP contribution is -2.41. The Hall–Kier alpha value is -2.08. The van der Waals surface area contributed by atoms with Crippen LogP contribution in [0.15, 0.2) is 24.3 Å². The van der Waals surface area contributed by atoms with Crippen LogP contribution in [0.1, 0.15) is 44.7 Å². The van der Waals surface area contributed by atoms with Crippen LogP contribution in [0.3, 0.4) is 0 Å². The van der Waals surface area contributed by atoms with Crippen molar-refractivity contribution in [2.24, 2.45) is 17.3 Å². The second-order valence-corrected chi connectivity index (χ2v) is 8.25. The lowest BCUT2D eigenvalue weighted by molar-refractivity contribution is -0.140. The maximum atomic E-state index is 12.6. The molecule has 0 spiro atoms. The van der Waals surface area contributed by atoms with Crippen LogP contribution in [0, 0.1) is 17.3 Å². The molecule has 3 atom stereocenters. The van der Waals surface area contributed by atoms with Crippen LogP contribution < -0.4 is 10.1 Å². The third kappa shape index (κ3) is 4.10. The number of likely N-dealkylation sites (tertiary alicyclic amines) is 1. The maximum Gasteiger partial charge on any atom is 0.307 e. The molecular formula is C21H30N2O4. The van der Waals surface area contributed by atoms with Crippen LogP contribution in [0.4, 0.5) is 0 Å². The highest BCUT2D eigenvalue weighted by molar-refractivity contribution is 5.91. The first kappa shape index (κ1) is 19.7. The van der Waals surface area contributed by atoms with E-state index in [4.69, 9.17) is 4.74 Å². The molecule has 0 radical (unpaired) electrons. The van der Waals surface area contributed by atoms with Crippen molar-refractivity contribution < 1.29 is 19.4 Å². The standard InChI is InChI=1S/C21H30N2O4/c1-21(2)17(18(21)20(25)26)19(24)22-13-16(23-11-5-4-6-12-23)14-7-9-15(27-3)10-8-14/h7-10,16-18H,4-6,11-13H2,1-3H3,(H,22,24)(H,25,26)/t16?,17-,18+/m0/s1. The van der Waals surface area contributed by atoms with E-state index in [1.54, 1.807) is 7.11 Å². The van der Waals surface area contributed by atoms with Crippen molar-refractivity contribution in [3.8, 4) is 5.75 Å². The van der Waals surface area contributed by atoms with Gasteiger partial charge in [0.15, 0.2) is 0 Å². The average Bonchev–Trinajstić information content (AvgIpc) is 3.26. The van der Waals surface area contributed by atoms with Crippen molar-refractivity contribution in [1.82, 2.24) is 10.2 Å². The van der Waals surface area contributed by atoms with Crippen molar-refractivity contribution in [2.45, 2.75) is 39.2 Å². The van der Waals surface area contributed by atoms with Gasteiger partial charge in [0.2, 0.25) is 5.91 Å². The molecular weight excluding hydrogens is 344 g/mol. The largest absolute Gasteiger partial charge is 0.497 e. The minimum Gasteiger partial charge on any atom is -0.497 e. The molecule has 1 aromatic carbocycles. The summed E-state index contributed by atoms with van der Waals surface area (Å²) in [5.74, 6) is -1.27. The Kier molecular flexibility index (Phi) is 5.75. The van der Waals surface area contributed by atoms with Crippen LogP contribution in [0.25, 0.3) is 0 Å². The van der Waals surface area contributed by atoms with Gasteiger partial charge in [0, 0.05) is 6.54 Å². The summed E-state index contributed by atoms with van der Waals surface area (Å²) < 4.78 is 5.25. The van der Waals surface area contributed by atoms with E-state index in [1.165, 1.54) is 6.42 Å². The number of carboxylic acid groups (broad SMARTS) is 1. The summed E-state index contributed by atoms with van der Waals surface area (Å²) in [4.78, 5) is 26.4. The van der Waals surface area contributed by atoms with Gasteiger partial charge in [0.25, 0.3) is 0 Å². The number of ether oxygens (including phenoxy) is 1. The minimum atomic E-state index is -0.886. The van der Waals surface area contributed by atoms with Crippen molar-refractivity contribution >= 4 is 11.9 Å². The Morgan fingerprint density at radius 1 is 1.19 bits per heavy atom. The van der Waals surface area contributed by atoms with E-state index in [0.29, 0.717) is 6.54 Å². The fourth-order valence-corrected chi connectivity index (χ4v) is 4.41. The molecule has 6 heteroatoms. The van der Waals surface area contributed by atoms with Gasteiger partial charge in [-0.2, -0.15) is 0 Å². The van der Waals surface area contributed by atoms with Crippen molar-refractivity contribution in [3.05, 3.63) is 29.8 Å². The molecule has 27 heavy (non-hydrogen) atoms. The second-order valence-electron chi connectivity index (χ2n) is 8.25. The maximum absolute atomic E-state index is 12.6. The monoisotopic (exact) mass is 374 g/mol. The van der Waals surface area contributed by atoms with E-state index >= 15 is 0 Å². The first-order valence-corrected chi connectivity index (χ1v) is 9.74. The zero-order valence-electron chi connectivity index (χ0n) is 16.4. The Bertz CT molecular complexity index is 680. The summed E-state index contributed by atoms with van der Waals surface area (Å²) in [6, 6.07) is 8.07. The van der Waals surface area contributed by atoms with Crippen LogP contribution >= 0.6 is 0 Å². The number of carboxylic acids is 1. The molecule has 6 nitrogen and oxygen atoms in total. The highest BCUT2D eigenvalue weighted by Gasteiger charge is 2.65. The van der Waals surface area contributed by atoms with Gasteiger partial charge in [-0.3, -0.25) is 14.5 Å². The topological polar surface area (TPSA) is 78.9 Å². The summed E-state index contributed by atoms with van der Waals surface area (Å²) in [5.41, 5.74) is 0.666. The van der Waals surface area contributed by atoms with E-state index in [9.17, 15) is 14.7 Å². The van der Waals surface area contributed by atoms with E-state index < -0.39 is 23.2 Å². The lowest BCUT2D eigenvalue weighted by atomic mass is 10.0. The van der Waals surface area contributed by atoms with Crippen molar-refractivity contribution in [2.75, 3.05) is 26.7 Å². The molecule has 2 N–H and O–H groups in total. The molecule has 2 aliphatic rings. The normalized spacial score (nSPS) is 25.4. The van der Waals surface area contributed by atoms with Crippen LogP contribution in [0.2, 0.25) is 0 Å². The molecule has 1 heterocycles. The molecule has 148 valence electrons. The predicted octanol–water partition coefficient (Wildman–Crippen LogP) is 2.70. The number of hydrogen-bond donors (Lipinski definition) is 2. The third-order valence-corrected chi connectivity index (χ3v) is 6.18. The molecule has 0 bridgehead atoms. The van der Waals surface area contributed by atoms with Crippen molar-refractivity contribution in [3.63, 3.8) is 0 Å². The number of hydrogen-bond acceptors (Lipinski definition) is 4. The summed E-state index contributed by atoms with van der Waals surface area (Å²) in [6.07, 6.45) is 3.57. The number of methoxy groups -OCH3 is 1. The molecule has 1 aliphatic heterocycles. The molecule has 3 rings (SSSR count). The number of carbonyl (C=O) groups is 2. The minimum absolute atomic E-state index is 0.0882. The number of amides is 1. The van der Waals surface area contributed by atoms with E-state index in [-0.39, 0.29) is 11.9 Å². The smallest absolute Gasteiger partial charge is 0.307 e. The Balaban J connectivity index is 1.69. The highest BCUT2D eigenvalue weighted by Crippen LogP contribution is 2.58. The molecule has 0 aromatic heterocycles. The van der Waals surface area contributed by atoms with Gasteiger partial charge in [0.1, 0.15) is 5.75 Å². The fraction of sp³-hybridized carbons (Fsp3) is 0.619. The van der Waals surface area contributed by atoms with Gasteiger partial charge < -0.3 is 15.2 Å². The number of nitrogens with one attached hydrogen (secondary N) is 1. The first-order valence-electron chi connectivity index (χ1n) is 9.74. The molecule has 1 saturated heterocycles. The molecule has 2 fully saturated rings. The molecule has 1 amide bonds. The van der Waals surface area contributed by atoms with Gasteiger partial charge in [0.05, 0.1) is 25.0 Å². The quantitative estimate of drug-likeness (QED) is 0.767. The second kappa shape index (κ2) is 7.89. The van der Waals surface area contributed by atoms with Crippen LogP contribution in [-0.4, -0.2) is 48.6 Å². The fourth-order valence-electron chi connectivity index (χ4n) is 4.41. The molecule has 1 aromatic rings. The number of rotatable bonds is 7. The van der Waals surface area contributed by atoms with Gasteiger partial charge >= 0.3 is 5.97 Å². The predicted molar refractivity (Wildman–Crippen MR) is 103 cm³/mol. The van der Waals surface area contributed by atoms with Crippen molar-refractivity contribution in [1.29, 1.82) is 0 Å². The zero-order valence-corrected chi connectivity index (χ0v) is 16.4. The van der Waals surface area contributed by atoms with Gasteiger partial charge in [-0.1, -0.05) is 32.4 Å². The van der Waals surface area contributed by atoms with E-state index in [0.717, 1.165) is 37.2 Å². The summed E-state index contributed by atoms with van der Waals surface area (Å²) >= 11 is 0. The van der Waals surface area contributed by atoms with Gasteiger partial charge in [-0.05, 0) is 49.0 Å². The average molecular weight is 374 g/mol. The van der Waals surface area contributed by atoms with E-state index in [2.05, 4.69) is 10.2 Å². The number of aliphatic carboxylic acids is 1. The van der Waals surface area contributed by atoms with Gasteiger partial charge in [-0.15, -0.1) is 0 Å². The van der Waals surface area contributed by atoms with Gasteiger partial charge in [-0.25, -0.2) is 0 Å². The third-order valence-electron chi connectivity index (χ3n) is 6.18. The Morgan fingerprint density at radius 2 is 1.81 bits per heavy atom. The summed E-state index contributed by atoms with van der Waals surface area (Å²) in [7, 11) is 1.65. The summed E-state index contributed by atoms with van der Waals surface area (Å²) in [6.45, 7) is 6.21. The SMILES string of the molecule is COc1ccc(C(CNC(=O)[C@@H]2[C@H](C(=O)O)C2(C)C)N2CCCCC2)cc1. The number of carbonyl (C=O) groups excluding carboxylic acids is 1. The number of piperidine rings is 1. The molecule has 1 unspecified atom stereocenters. The summed E-state index contributed by atoms with van der Waals surface area (Å²) in [5, 5.41) is 12.4. The van der Waals surface area contributed by atoms with E-state index in [1.807, 2.05) is 38.1 Å². The first-order chi connectivity index (χ1) is 12.9. The highest BCUT2D eigenvalue weighted by atomic mass is 16.5. The number of nitrogens with zero attached hydrogens (tertiary/aromatic N) is 1. The Morgan fingerprint density at radius 3 is 2.33 bits per heavy atom. The molecule has 1 aliphatic carbocycles. The van der Waals surface area contributed by atoms with Crippen LogP contribution in [-0.2, 0) is 9.59 Å². The number of benzene rings is 1. The molecule has 1 saturated carbocycles. The Labute approximate surface area is 160 Å².